The number of nitrogens with one attached hydrogen (secondary N) is 2. The van der Waals surface area contributed by atoms with Crippen LogP contribution >= 0.6 is 0 Å². The number of rotatable bonds is 4. The van der Waals surface area contributed by atoms with Crippen LogP contribution in [0.5, 0.6) is 0 Å². The molecule has 114 valence electrons. The second-order valence-electron chi connectivity index (χ2n) is 3.94. The van der Waals surface area contributed by atoms with Crippen molar-refractivity contribution in [1.29, 1.82) is 0 Å². The lowest BCUT2D eigenvalue weighted by atomic mass is 10.1. The Balaban J connectivity index is 3.00. The number of carbonyl (C=O) groups is 1. The number of benzene rings is 1. The van der Waals surface area contributed by atoms with Crippen LogP contribution in [0.15, 0.2) is 18.2 Å². The van der Waals surface area contributed by atoms with E-state index in [1.807, 2.05) is 0 Å². The van der Waals surface area contributed by atoms with Crippen molar-refractivity contribution in [2.75, 3.05) is 17.9 Å². The van der Waals surface area contributed by atoms with Crippen LogP contribution in [0.1, 0.15) is 18.1 Å². The largest absolute Gasteiger partial charge is 0.449 e. The van der Waals surface area contributed by atoms with E-state index < -0.39 is 16.3 Å². The molecule has 0 heterocycles. The molecule has 3 N–H and O–H groups in total. The number of anilines is 1. The van der Waals surface area contributed by atoms with E-state index >= 15 is 0 Å². The van der Waals surface area contributed by atoms with Gasteiger partial charge in [-0.3, -0.25) is 4.72 Å². The molecule has 0 spiro atoms. The molecule has 0 saturated carbocycles. The number of amides is 1. The summed E-state index contributed by atoms with van der Waals surface area (Å²) in [6.07, 6.45) is -1.07. The van der Waals surface area contributed by atoms with E-state index in [9.17, 15) is 13.2 Å². The lowest BCUT2D eigenvalue weighted by Crippen LogP contribution is -2.35. The topological polar surface area (TPSA) is 105 Å². The first kappa shape index (κ1) is 16.8. The Labute approximate surface area is 123 Å². The molecule has 0 fully saturated rings. The predicted octanol–water partition coefficient (Wildman–Crippen LogP) is 0.742. The molecule has 0 unspecified atom stereocenters. The number of aliphatic hydroxyl groups excluding tert-OH is 1. The van der Waals surface area contributed by atoms with Gasteiger partial charge in [0.2, 0.25) is 0 Å². The summed E-state index contributed by atoms with van der Waals surface area (Å²) < 4.78 is 32.0. The smallest absolute Gasteiger partial charge is 0.422 e. The molecule has 1 amide bonds. The lowest BCUT2D eigenvalue weighted by Gasteiger charge is -2.11. The molecular formula is C13H16N2O5S. The van der Waals surface area contributed by atoms with Gasteiger partial charge < -0.3 is 9.84 Å². The average molecular weight is 312 g/mol. The molecule has 1 rings (SSSR count). The maximum atomic E-state index is 11.8. The van der Waals surface area contributed by atoms with Crippen LogP contribution in [-0.4, -0.2) is 32.8 Å². The fraction of sp³-hybridized carbons (Fsp3) is 0.308. The van der Waals surface area contributed by atoms with Crippen molar-refractivity contribution in [3.8, 4) is 11.8 Å². The molecule has 0 aromatic heterocycles. The molecule has 0 aliphatic rings. The van der Waals surface area contributed by atoms with E-state index in [0.29, 0.717) is 5.56 Å². The number of ether oxygens (including phenoxy) is 1. The highest BCUT2D eigenvalue weighted by Crippen LogP contribution is 2.17. The highest BCUT2D eigenvalue weighted by Gasteiger charge is 2.16. The number of hydrogen-bond donors (Lipinski definition) is 3. The van der Waals surface area contributed by atoms with Gasteiger partial charge in [0.05, 0.1) is 12.3 Å². The summed E-state index contributed by atoms with van der Waals surface area (Å²) in [7, 11) is -4.13. The molecule has 8 heteroatoms. The maximum Gasteiger partial charge on any atom is 0.422 e. The number of aryl methyl sites for hydroxylation is 1. The van der Waals surface area contributed by atoms with Gasteiger partial charge >= 0.3 is 16.3 Å². The van der Waals surface area contributed by atoms with E-state index in [1.54, 1.807) is 36.8 Å². The Hall–Kier alpha value is -2.24. The van der Waals surface area contributed by atoms with Gasteiger partial charge in [0.1, 0.15) is 6.61 Å². The zero-order valence-corrected chi connectivity index (χ0v) is 12.5. The molecule has 0 atom stereocenters. The third-order valence-electron chi connectivity index (χ3n) is 2.21. The number of aliphatic hydroxyl groups is 1. The Morgan fingerprint density at radius 2 is 2.14 bits per heavy atom. The molecular weight excluding hydrogens is 296 g/mol. The fourth-order valence-electron chi connectivity index (χ4n) is 1.43. The first-order valence-corrected chi connectivity index (χ1v) is 7.54. The lowest BCUT2D eigenvalue weighted by molar-refractivity contribution is 0.159. The van der Waals surface area contributed by atoms with Gasteiger partial charge in [-0.05, 0) is 31.5 Å². The van der Waals surface area contributed by atoms with Crippen LogP contribution in [0.25, 0.3) is 0 Å². The standard InChI is InChI=1S/C13H16N2O5S/c1-3-20-13(17)15-21(18,19)14-12-9-10(2)6-7-11(12)5-4-8-16/h6-7,9,14,16H,3,8H2,1-2H3,(H,15,17). The normalized spacial score (nSPS) is 10.2. The zero-order chi connectivity index (χ0) is 15.9. The molecule has 21 heavy (non-hydrogen) atoms. The van der Waals surface area contributed by atoms with Crippen LogP contribution in [0.2, 0.25) is 0 Å². The van der Waals surface area contributed by atoms with Crippen molar-refractivity contribution < 1.29 is 23.1 Å². The van der Waals surface area contributed by atoms with Gasteiger partial charge in [-0.25, -0.2) is 9.52 Å². The summed E-state index contributed by atoms with van der Waals surface area (Å²) in [5.41, 5.74) is 1.38. The molecule has 7 nitrogen and oxygen atoms in total. The SMILES string of the molecule is CCOC(=O)NS(=O)(=O)Nc1cc(C)ccc1C#CCO. The van der Waals surface area contributed by atoms with Gasteiger partial charge in [-0.1, -0.05) is 17.9 Å². The van der Waals surface area contributed by atoms with Crippen molar-refractivity contribution in [2.24, 2.45) is 0 Å². The minimum Gasteiger partial charge on any atom is -0.449 e. The third-order valence-corrected chi connectivity index (χ3v) is 3.14. The summed E-state index contributed by atoms with van der Waals surface area (Å²) in [6.45, 7) is 3.04. The fourth-order valence-corrected chi connectivity index (χ4v) is 2.21. The quantitative estimate of drug-likeness (QED) is 0.711. The maximum absolute atomic E-state index is 11.8. The van der Waals surface area contributed by atoms with Crippen molar-refractivity contribution in [2.45, 2.75) is 13.8 Å². The van der Waals surface area contributed by atoms with Gasteiger partial charge in [0.25, 0.3) is 0 Å². The zero-order valence-electron chi connectivity index (χ0n) is 11.6. The van der Waals surface area contributed by atoms with Gasteiger partial charge in [0, 0.05) is 5.56 Å². The molecule has 0 aliphatic carbocycles. The second kappa shape index (κ2) is 7.52. The van der Waals surface area contributed by atoms with Crippen molar-refractivity contribution in [3.05, 3.63) is 29.3 Å². The molecule has 0 saturated heterocycles. The number of hydrogen-bond acceptors (Lipinski definition) is 5. The minimum atomic E-state index is -4.13. The minimum absolute atomic E-state index is 0.0546. The van der Waals surface area contributed by atoms with Crippen molar-refractivity contribution >= 4 is 22.0 Å². The van der Waals surface area contributed by atoms with E-state index in [4.69, 9.17) is 5.11 Å². The summed E-state index contributed by atoms with van der Waals surface area (Å²) in [5.74, 6) is 5.05. The monoisotopic (exact) mass is 312 g/mol. The van der Waals surface area contributed by atoms with Crippen LogP contribution in [-0.2, 0) is 14.9 Å². The summed E-state index contributed by atoms with van der Waals surface area (Å²) in [5, 5.41) is 8.70. The van der Waals surface area contributed by atoms with Crippen LogP contribution in [0.4, 0.5) is 10.5 Å². The van der Waals surface area contributed by atoms with E-state index in [1.165, 1.54) is 0 Å². The molecule has 1 aromatic rings. The second-order valence-corrected chi connectivity index (χ2v) is 5.35. The highest BCUT2D eigenvalue weighted by atomic mass is 32.2. The molecule has 0 bridgehead atoms. The average Bonchev–Trinajstić information content (AvgIpc) is 2.36. The summed E-state index contributed by atoms with van der Waals surface area (Å²) in [4.78, 5) is 11.2. The van der Waals surface area contributed by atoms with Crippen LogP contribution in [0, 0.1) is 18.8 Å². The summed E-state index contributed by atoms with van der Waals surface area (Å²) >= 11 is 0. The first-order valence-electron chi connectivity index (χ1n) is 6.05. The predicted molar refractivity (Wildman–Crippen MR) is 77.8 cm³/mol. The van der Waals surface area contributed by atoms with E-state index in [0.717, 1.165) is 5.56 Å². The molecule has 0 radical (unpaired) electrons. The van der Waals surface area contributed by atoms with Crippen LogP contribution in [0.3, 0.4) is 0 Å². The summed E-state index contributed by atoms with van der Waals surface area (Å²) in [6, 6.07) is 4.92. The molecule has 1 aromatic carbocycles. The Kier molecular flexibility index (Phi) is 6.02. The van der Waals surface area contributed by atoms with Crippen molar-refractivity contribution in [1.82, 2.24) is 4.72 Å². The molecule has 0 aliphatic heterocycles. The highest BCUT2D eigenvalue weighted by molar-refractivity contribution is 7.91. The van der Waals surface area contributed by atoms with Crippen molar-refractivity contribution in [3.63, 3.8) is 0 Å². The Morgan fingerprint density at radius 3 is 2.76 bits per heavy atom. The van der Waals surface area contributed by atoms with Gasteiger partial charge in [-0.2, -0.15) is 8.42 Å². The van der Waals surface area contributed by atoms with Crippen LogP contribution < -0.4 is 9.44 Å². The Morgan fingerprint density at radius 1 is 1.43 bits per heavy atom. The van der Waals surface area contributed by atoms with E-state index in [-0.39, 0.29) is 18.9 Å². The Bertz CT molecular complexity index is 674. The van der Waals surface area contributed by atoms with Gasteiger partial charge in [-0.15, -0.1) is 0 Å². The first-order chi connectivity index (χ1) is 9.88. The number of carbonyl (C=O) groups excluding carboxylic acids is 1. The van der Waals surface area contributed by atoms with Gasteiger partial charge in [0.15, 0.2) is 0 Å². The van der Waals surface area contributed by atoms with E-state index in [2.05, 4.69) is 21.3 Å². The third kappa shape index (κ3) is 5.72.